The molecule has 0 heterocycles. The van der Waals surface area contributed by atoms with Gasteiger partial charge in [-0.2, -0.15) is 0 Å². The Balaban J connectivity index is 3.42. The fourth-order valence-electron chi connectivity index (χ4n) is 0.853. The van der Waals surface area contributed by atoms with Gasteiger partial charge in [0.2, 0.25) is 0 Å². The molecule has 0 rings (SSSR count). The maximum Gasteiger partial charge on any atom is 0.407 e. The Morgan fingerprint density at radius 3 is 2.44 bits per heavy atom. The van der Waals surface area contributed by atoms with E-state index >= 15 is 0 Å². The molecule has 1 N–H and O–H groups in total. The number of rotatable bonds is 6. The monoisotopic (exact) mass is 233 g/mol. The SMILES string of the molecule is COC(C)COCCOC(=O)NC(C)(C)C. The molecule has 1 amide bonds. The van der Waals surface area contributed by atoms with Crippen molar-refractivity contribution in [3.05, 3.63) is 0 Å². The molecule has 5 heteroatoms. The van der Waals surface area contributed by atoms with Crippen molar-refractivity contribution in [3.8, 4) is 0 Å². The Bertz CT molecular complexity index is 201. The van der Waals surface area contributed by atoms with Crippen LogP contribution in [0.15, 0.2) is 0 Å². The summed E-state index contributed by atoms with van der Waals surface area (Å²) in [7, 11) is 1.63. The average molecular weight is 233 g/mol. The summed E-state index contributed by atoms with van der Waals surface area (Å²) in [4.78, 5) is 11.2. The van der Waals surface area contributed by atoms with Crippen LogP contribution >= 0.6 is 0 Å². The van der Waals surface area contributed by atoms with Crippen LogP contribution in [0.3, 0.4) is 0 Å². The van der Waals surface area contributed by atoms with E-state index in [1.807, 2.05) is 27.7 Å². The van der Waals surface area contributed by atoms with Gasteiger partial charge < -0.3 is 19.5 Å². The summed E-state index contributed by atoms with van der Waals surface area (Å²) in [6.45, 7) is 8.72. The molecule has 0 aromatic carbocycles. The van der Waals surface area contributed by atoms with Gasteiger partial charge in [-0.1, -0.05) is 0 Å². The summed E-state index contributed by atoms with van der Waals surface area (Å²) in [6.07, 6.45) is -0.362. The van der Waals surface area contributed by atoms with E-state index in [4.69, 9.17) is 14.2 Å². The lowest BCUT2D eigenvalue weighted by Crippen LogP contribution is -2.41. The minimum absolute atomic E-state index is 0.0587. The normalized spacial score (nSPS) is 13.3. The van der Waals surface area contributed by atoms with Crippen LogP contribution in [0.25, 0.3) is 0 Å². The number of nitrogens with one attached hydrogen (secondary N) is 1. The number of amides is 1. The number of ether oxygens (including phenoxy) is 3. The predicted octanol–water partition coefficient (Wildman–Crippen LogP) is 1.56. The third-order valence-electron chi connectivity index (χ3n) is 1.69. The van der Waals surface area contributed by atoms with Crippen LogP contribution in [0.1, 0.15) is 27.7 Å². The van der Waals surface area contributed by atoms with E-state index in [2.05, 4.69) is 5.32 Å². The molecule has 0 radical (unpaired) electrons. The lowest BCUT2D eigenvalue weighted by molar-refractivity contribution is 0.00353. The van der Waals surface area contributed by atoms with Crippen molar-refractivity contribution in [1.29, 1.82) is 0 Å². The van der Waals surface area contributed by atoms with Crippen LogP contribution < -0.4 is 5.32 Å². The van der Waals surface area contributed by atoms with Crippen molar-refractivity contribution < 1.29 is 19.0 Å². The molecule has 0 spiro atoms. The van der Waals surface area contributed by atoms with Crippen molar-refractivity contribution >= 4 is 6.09 Å². The van der Waals surface area contributed by atoms with E-state index in [1.165, 1.54) is 0 Å². The minimum Gasteiger partial charge on any atom is -0.447 e. The Labute approximate surface area is 97.4 Å². The number of hydrogen-bond acceptors (Lipinski definition) is 4. The fraction of sp³-hybridized carbons (Fsp3) is 0.909. The standard InChI is InChI=1S/C11H23NO4/c1-9(14-5)8-15-6-7-16-10(13)12-11(2,3)4/h9H,6-8H2,1-5H3,(H,12,13). The third-order valence-corrected chi connectivity index (χ3v) is 1.69. The van der Waals surface area contributed by atoms with E-state index in [-0.39, 0.29) is 18.2 Å². The van der Waals surface area contributed by atoms with E-state index in [0.717, 1.165) is 0 Å². The van der Waals surface area contributed by atoms with Crippen LogP contribution in [-0.2, 0) is 14.2 Å². The molecule has 0 aromatic heterocycles. The van der Waals surface area contributed by atoms with Gasteiger partial charge in [0, 0.05) is 12.6 Å². The predicted molar refractivity (Wildman–Crippen MR) is 61.5 cm³/mol. The molecule has 0 saturated carbocycles. The molecule has 96 valence electrons. The number of carbonyl (C=O) groups excluding carboxylic acids is 1. The van der Waals surface area contributed by atoms with Crippen molar-refractivity contribution in [2.24, 2.45) is 0 Å². The topological polar surface area (TPSA) is 56.8 Å². The maximum atomic E-state index is 11.2. The zero-order chi connectivity index (χ0) is 12.6. The van der Waals surface area contributed by atoms with Gasteiger partial charge in [0.1, 0.15) is 6.61 Å². The zero-order valence-corrected chi connectivity index (χ0v) is 10.8. The highest BCUT2D eigenvalue weighted by molar-refractivity contribution is 5.67. The summed E-state index contributed by atoms with van der Waals surface area (Å²) >= 11 is 0. The summed E-state index contributed by atoms with van der Waals surface area (Å²) in [6, 6.07) is 0. The smallest absolute Gasteiger partial charge is 0.407 e. The van der Waals surface area contributed by atoms with Gasteiger partial charge in [-0.3, -0.25) is 0 Å². The van der Waals surface area contributed by atoms with Gasteiger partial charge >= 0.3 is 6.09 Å². The van der Waals surface area contributed by atoms with E-state index in [9.17, 15) is 4.79 Å². The molecule has 0 aliphatic rings. The molecule has 1 atom stereocenters. The third kappa shape index (κ3) is 9.73. The quantitative estimate of drug-likeness (QED) is 0.707. The summed E-state index contributed by atoms with van der Waals surface area (Å²) < 4.78 is 15.2. The van der Waals surface area contributed by atoms with E-state index in [1.54, 1.807) is 7.11 Å². The van der Waals surface area contributed by atoms with Gasteiger partial charge in [-0.25, -0.2) is 4.79 Å². The van der Waals surface area contributed by atoms with Gasteiger partial charge in [0.15, 0.2) is 0 Å². The van der Waals surface area contributed by atoms with Crippen molar-refractivity contribution in [1.82, 2.24) is 5.32 Å². The second-order valence-corrected chi connectivity index (χ2v) is 4.63. The first-order valence-electron chi connectivity index (χ1n) is 5.40. The lowest BCUT2D eigenvalue weighted by atomic mass is 10.1. The summed E-state index contributed by atoms with van der Waals surface area (Å²) in [5.41, 5.74) is -0.275. The average Bonchev–Trinajstić information content (AvgIpc) is 2.14. The second-order valence-electron chi connectivity index (χ2n) is 4.63. The Kier molecular flexibility index (Phi) is 7.08. The lowest BCUT2D eigenvalue weighted by Gasteiger charge is -2.20. The highest BCUT2D eigenvalue weighted by atomic mass is 16.6. The Morgan fingerprint density at radius 2 is 1.94 bits per heavy atom. The highest BCUT2D eigenvalue weighted by Crippen LogP contribution is 1.98. The van der Waals surface area contributed by atoms with Crippen molar-refractivity contribution in [3.63, 3.8) is 0 Å². The highest BCUT2D eigenvalue weighted by Gasteiger charge is 2.14. The molecule has 0 bridgehead atoms. The van der Waals surface area contributed by atoms with Crippen molar-refractivity contribution in [2.75, 3.05) is 26.9 Å². The summed E-state index contributed by atoms with van der Waals surface area (Å²) in [5.74, 6) is 0. The minimum atomic E-state index is -0.420. The molecule has 0 saturated heterocycles. The number of carbonyl (C=O) groups is 1. The molecular weight excluding hydrogens is 210 g/mol. The number of alkyl carbamates (subject to hydrolysis) is 1. The van der Waals surface area contributed by atoms with Crippen LogP contribution in [0.2, 0.25) is 0 Å². The maximum absolute atomic E-state index is 11.2. The zero-order valence-electron chi connectivity index (χ0n) is 10.8. The fourth-order valence-corrected chi connectivity index (χ4v) is 0.853. The largest absolute Gasteiger partial charge is 0.447 e. The Hall–Kier alpha value is -0.810. The molecule has 16 heavy (non-hydrogen) atoms. The van der Waals surface area contributed by atoms with Crippen LogP contribution in [0.4, 0.5) is 4.79 Å². The van der Waals surface area contributed by atoms with Gasteiger partial charge in [0.05, 0.1) is 19.3 Å². The van der Waals surface area contributed by atoms with Gasteiger partial charge in [-0.15, -0.1) is 0 Å². The van der Waals surface area contributed by atoms with Crippen LogP contribution in [-0.4, -0.2) is 44.7 Å². The Morgan fingerprint density at radius 1 is 1.31 bits per heavy atom. The molecule has 0 fully saturated rings. The number of methoxy groups -OCH3 is 1. The molecule has 0 aliphatic carbocycles. The summed E-state index contributed by atoms with van der Waals surface area (Å²) in [5, 5.41) is 2.69. The van der Waals surface area contributed by atoms with Crippen molar-refractivity contribution in [2.45, 2.75) is 39.3 Å². The van der Waals surface area contributed by atoms with Crippen LogP contribution in [0, 0.1) is 0 Å². The second kappa shape index (κ2) is 7.46. The first-order valence-corrected chi connectivity index (χ1v) is 5.40. The molecular formula is C11H23NO4. The van der Waals surface area contributed by atoms with Crippen LogP contribution in [0.5, 0.6) is 0 Å². The molecule has 0 aliphatic heterocycles. The first kappa shape index (κ1) is 15.2. The molecule has 1 unspecified atom stereocenters. The molecule has 0 aromatic rings. The van der Waals surface area contributed by atoms with Gasteiger partial charge in [-0.05, 0) is 27.7 Å². The first-order chi connectivity index (χ1) is 7.35. The number of hydrogen-bond donors (Lipinski definition) is 1. The van der Waals surface area contributed by atoms with E-state index < -0.39 is 6.09 Å². The molecule has 5 nitrogen and oxygen atoms in total. The van der Waals surface area contributed by atoms with Gasteiger partial charge in [0.25, 0.3) is 0 Å². The van der Waals surface area contributed by atoms with E-state index in [0.29, 0.717) is 13.2 Å².